The molecule has 0 aliphatic heterocycles. The van der Waals surface area contributed by atoms with Crippen LogP contribution in [0.4, 0.5) is 5.69 Å². The maximum absolute atomic E-state index is 12.2. The van der Waals surface area contributed by atoms with Gasteiger partial charge in [0.25, 0.3) is 0 Å². The van der Waals surface area contributed by atoms with Crippen molar-refractivity contribution in [2.75, 3.05) is 5.32 Å². The van der Waals surface area contributed by atoms with Crippen LogP contribution in [-0.2, 0) is 11.2 Å². The molecule has 1 amide bonds. The topological polar surface area (TPSA) is 54.9 Å². The van der Waals surface area contributed by atoms with Gasteiger partial charge in [-0.3, -0.25) is 9.78 Å². The molecule has 0 aliphatic rings. The first-order valence-electron chi connectivity index (χ1n) is 7.03. The highest BCUT2D eigenvalue weighted by atomic mass is 35.5. The molecule has 0 unspecified atom stereocenters. The van der Waals surface area contributed by atoms with Crippen molar-refractivity contribution in [2.24, 2.45) is 0 Å². The van der Waals surface area contributed by atoms with Crippen molar-refractivity contribution in [3.63, 3.8) is 0 Å². The Hall–Kier alpha value is -2.24. The van der Waals surface area contributed by atoms with Crippen LogP contribution >= 0.6 is 22.9 Å². The van der Waals surface area contributed by atoms with Gasteiger partial charge in [0.1, 0.15) is 5.01 Å². The molecule has 116 valence electrons. The SMILES string of the molecule is Cc1c(Cl)cccc1NC(=O)Cc1csc(-c2cccnc2)n1. The van der Waals surface area contributed by atoms with Crippen molar-refractivity contribution in [3.8, 4) is 10.6 Å². The standard InChI is InChI=1S/C17H14ClN3OS/c1-11-14(18)5-2-6-15(11)21-16(22)8-13-10-23-17(20-13)12-4-3-7-19-9-12/h2-7,9-10H,8H2,1H3,(H,21,22). The van der Waals surface area contributed by atoms with E-state index in [1.807, 2.05) is 36.6 Å². The van der Waals surface area contributed by atoms with Crippen LogP contribution in [0.2, 0.25) is 5.02 Å². The number of carbonyl (C=O) groups excluding carboxylic acids is 1. The Bertz CT molecular complexity index is 833. The Labute approximate surface area is 143 Å². The minimum atomic E-state index is -0.113. The molecule has 3 aromatic rings. The van der Waals surface area contributed by atoms with Crippen LogP contribution in [0.3, 0.4) is 0 Å². The van der Waals surface area contributed by atoms with Crippen LogP contribution in [-0.4, -0.2) is 15.9 Å². The van der Waals surface area contributed by atoms with Crippen molar-refractivity contribution in [1.82, 2.24) is 9.97 Å². The number of aromatic nitrogens is 2. The lowest BCUT2D eigenvalue weighted by molar-refractivity contribution is -0.115. The fraction of sp³-hybridized carbons (Fsp3) is 0.118. The molecule has 1 N–H and O–H groups in total. The third-order valence-electron chi connectivity index (χ3n) is 3.34. The molecule has 2 heterocycles. The molecule has 3 rings (SSSR count). The number of pyridine rings is 1. The second-order valence-electron chi connectivity index (χ2n) is 5.02. The van der Waals surface area contributed by atoms with Crippen molar-refractivity contribution in [1.29, 1.82) is 0 Å². The van der Waals surface area contributed by atoms with Gasteiger partial charge < -0.3 is 5.32 Å². The van der Waals surface area contributed by atoms with Gasteiger partial charge in [0, 0.05) is 34.0 Å². The minimum Gasteiger partial charge on any atom is -0.325 e. The predicted molar refractivity (Wildman–Crippen MR) is 93.9 cm³/mol. The Balaban J connectivity index is 1.69. The summed E-state index contributed by atoms with van der Waals surface area (Å²) < 4.78 is 0. The zero-order valence-electron chi connectivity index (χ0n) is 12.4. The maximum Gasteiger partial charge on any atom is 0.230 e. The molecule has 0 atom stereocenters. The van der Waals surface area contributed by atoms with Gasteiger partial charge in [0.15, 0.2) is 0 Å². The maximum atomic E-state index is 12.2. The quantitative estimate of drug-likeness (QED) is 0.766. The number of thiazole rings is 1. The largest absolute Gasteiger partial charge is 0.325 e. The zero-order valence-corrected chi connectivity index (χ0v) is 14.0. The van der Waals surface area contributed by atoms with Gasteiger partial charge in [-0.25, -0.2) is 4.98 Å². The van der Waals surface area contributed by atoms with Crippen molar-refractivity contribution >= 4 is 34.5 Å². The Morgan fingerprint density at radius 2 is 2.17 bits per heavy atom. The number of rotatable bonds is 4. The summed E-state index contributed by atoms with van der Waals surface area (Å²) >= 11 is 7.57. The molecule has 6 heteroatoms. The highest BCUT2D eigenvalue weighted by Gasteiger charge is 2.11. The number of carbonyl (C=O) groups is 1. The van der Waals surface area contributed by atoms with Crippen LogP contribution < -0.4 is 5.32 Å². The smallest absolute Gasteiger partial charge is 0.230 e. The van der Waals surface area contributed by atoms with Crippen molar-refractivity contribution in [3.05, 3.63) is 64.4 Å². The highest BCUT2D eigenvalue weighted by molar-refractivity contribution is 7.13. The number of hydrogen-bond acceptors (Lipinski definition) is 4. The van der Waals surface area contributed by atoms with Gasteiger partial charge in [-0.05, 0) is 36.8 Å². The summed E-state index contributed by atoms with van der Waals surface area (Å²) in [7, 11) is 0. The minimum absolute atomic E-state index is 0.113. The number of amides is 1. The second-order valence-corrected chi connectivity index (χ2v) is 6.29. The van der Waals surface area contributed by atoms with Crippen LogP contribution in [0.1, 0.15) is 11.3 Å². The lowest BCUT2D eigenvalue weighted by Gasteiger charge is -2.08. The summed E-state index contributed by atoms with van der Waals surface area (Å²) in [6.07, 6.45) is 3.71. The summed E-state index contributed by atoms with van der Waals surface area (Å²) in [4.78, 5) is 20.8. The summed E-state index contributed by atoms with van der Waals surface area (Å²) in [6.45, 7) is 1.88. The number of anilines is 1. The van der Waals surface area contributed by atoms with Gasteiger partial charge >= 0.3 is 0 Å². The zero-order chi connectivity index (χ0) is 16.2. The molecule has 1 aromatic carbocycles. The molecule has 0 spiro atoms. The highest BCUT2D eigenvalue weighted by Crippen LogP contribution is 2.24. The Morgan fingerprint density at radius 1 is 1.30 bits per heavy atom. The number of halogens is 1. The first kappa shape index (κ1) is 15.6. The predicted octanol–water partition coefficient (Wildman–Crippen LogP) is 4.35. The third kappa shape index (κ3) is 3.75. The van der Waals surface area contributed by atoms with Crippen LogP contribution in [0, 0.1) is 6.92 Å². The number of nitrogens with one attached hydrogen (secondary N) is 1. The lowest BCUT2D eigenvalue weighted by atomic mass is 10.2. The molecule has 0 radical (unpaired) electrons. The van der Waals surface area contributed by atoms with E-state index in [0.717, 1.165) is 27.5 Å². The molecular weight excluding hydrogens is 330 g/mol. The monoisotopic (exact) mass is 343 g/mol. The molecule has 0 fully saturated rings. The van der Waals surface area contributed by atoms with Crippen molar-refractivity contribution in [2.45, 2.75) is 13.3 Å². The molecular formula is C17H14ClN3OS. The molecule has 0 saturated heterocycles. The lowest BCUT2D eigenvalue weighted by Crippen LogP contribution is -2.15. The number of nitrogens with zero attached hydrogens (tertiary/aromatic N) is 2. The summed E-state index contributed by atoms with van der Waals surface area (Å²) in [5.74, 6) is -0.113. The molecule has 0 aliphatic carbocycles. The van der Waals surface area contributed by atoms with Gasteiger partial charge in [-0.1, -0.05) is 17.7 Å². The van der Waals surface area contributed by atoms with E-state index in [9.17, 15) is 4.79 Å². The van der Waals surface area contributed by atoms with E-state index < -0.39 is 0 Å². The van der Waals surface area contributed by atoms with E-state index in [2.05, 4.69) is 15.3 Å². The average Bonchev–Trinajstić information content (AvgIpc) is 3.01. The molecule has 0 bridgehead atoms. The van der Waals surface area contributed by atoms with Crippen LogP contribution in [0.15, 0.2) is 48.1 Å². The van der Waals surface area contributed by atoms with Gasteiger partial charge in [-0.15, -0.1) is 11.3 Å². The third-order valence-corrected chi connectivity index (χ3v) is 4.69. The van der Waals surface area contributed by atoms with E-state index in [1.54, 1.807) is 18.5 Å². The average molecular weight is 344 g/mol. The van der Waals surface area contributed by atoms with E-state index in [0.29, 0.717) is 5.02 Å². The summed E-state index contributed by atoms with van der Waals surface area (Å²) in [5, 5.41) is 6.27. The fourth-order valence-corrected chi connectivity index (χ4v) is 3.10. The van der Waals surface area contributed by atoms with E-state index in [-0.39, 0.29) is 12.3 Å². The van der Waals surface area contributed by atoms with Crippen LogP contribution in [0.25, 0.3) is 10.6 Å². The Morgan fingerprint density at radius 3 is 2.96 bits per heavy atom. The molecule has 4 nitrogen and oxygen atoms in total. The van der Waals surface area contributed by atoms with Gasteiger partial charge in [0.2, 0.25) is 5.91 Å². The second kappa shape index (κ2) is 6.89. The Kier molecular flexibility index (Phi) is 4.69. The van der Waals surface area contributed by atoms with Gasteiger partial charge in [0.05, 0.1) is 12.1 Å². The van der Waals surface area contributed by atoms with E-state index in [1.165, 1.54) is 11.3 Å². The van der Waals surface area contributed by atoms with Crippen molar-refractivity contribution < 1.29 is 4.79 Å². The summed E-state index contributed by atoms with van der Waals surface area (Å²) in [6, 6.07) is 9.26. The molecule has 0 saturated carbocycles. The first-order chi connectivity index (χ1) is 11.1. The number of hydrogen-bond donors (Lipinski definition) is 1. The number of benzene rings is 1. The summed E-state index contributed by atoms with van der Waals surface area (Å²) in [5.41, 5.74) is 3.28. The molecule has 23 heavy (non-hydrogen) atoms. The normalized spacial score (nSPS) is 10.5. The van der Waals surface area contributed by atoms with Crippen LogP contribution in [0.5, 0.6) is 0 Å². The first-order valence-corrected chi connectivity index (χ1v) is 8.29. The molecule has 2 aromatic heterocycles. The van der Waals surface area contributed by atoms with Gasteiger partial charge in [-0.2, -0.15) is 0 Å². The van der Waals surface area contributed by atoms with E-state index >= 15 is 0 Å². The fourth-order valence-electron chi connectivity index (χ4n) is 2.11. The van der Waals surface area contributed by atoms with E-state index in [4.69, 9.17) is 11.6 Å².